The van der Waals surface area contributed by atoms with E-state index >= 15 is 0 Å². The van der Waals surface area contributed by atoms with E-state index in [1.54, 1.807) is 0 Å². The molecule has 2 nitrogen and oxygen atoms in total. The van der Waals surface area contributed by atoms with Crippen LogP contribution in [0, 0.1) is 19.3 Å². The van der Waals surface area contributed by atoms with E-state index in [0.29, 0.717) is 5.78 Å². The lowest BCUT2D eigenvalue weighted by Crippen LogP contribution is -2.33. The summed E-state index contributed by atoms with van der Waals surface area (Å²) in [6.07, 6.45) is 1.89. The number of benzene rings is 1. The van der Waals surface area contributed by atoms with Crippen molar-refractivity contribution in [3.05, 3.63) is 34.9 Å². The Morgan fingerprint density at radius 3 is 2.65 bits per heavy atom. The van der Waals surface area contributed by atoms with Gasteiger partial charge in [0.2, 0.25) is 0 Å². The molecule has 2 rings (SSSR count). The van der Waals surface area contributed by atoms with Crippen molar-refractivity contribution >= 4 is 5.78 Å². The number of rotatable bonds is 3. The molecule has 1 unspecified atom stereocenters. The Bertz CT molecular complexity index is 431. The SMILES string of the molecule is CCC1(C(=O)c2ccc(C)c(C)c2)CCNC1. The van der Waals surface area contributed by atoms with Crippen LogP contribution in [0.5, 0.6) is 0 Å². The van der Waals surface area contributed by atoms with Crippen LogP contribution in [0.3, 0.4) is 0 Å². The average molecular weight is 231 g/mol. The number of carbonyl (C=O) groups excluding carboxylic acids is 1. The number of ketones is 1. The fourth-order valence-corrected chi connectivity index (χ4v) is 2.59. The molecule has 0 amide bonds. The molecule has 0 aromatic heterocycles. The average Bonchev–Trinajstić information content (AvgIpc) is 2.81. The molecule has 1 aliphatic rings. The maximum atomic E-state index is 12.6. The Morgan fingerprint density at radius 1 is 1.35 bits per heavy atom. The van der Waals surface area contributed by atoms with Crippen molar-refractivity contribution in [3.63, 3.8) is 0 Å². The molecule has 92 valence electrons. The lowest BCUT2D eigenvalue weighted by atomic mass is 9.77. The molecule has 1 aliphatic heterocycles. The molecule has 0 aliphatic carbocycles. The Balaban J connectivity index is 2.32. The second-order valence-corrected chi connectivity index (χ2v) is 5.19. The molecule has 17 heavy (non-hydrogen) atoms. The Morgan fingerprint density at radius 2 is 2.12 bits per heavy atom. The minimum absolute atomic E-state index is 0.165. The molecule has 2 heteroatoms. The normalized spacial score (nSPS) is 23.9. The van der Waals surface area contributed by atoms with E-state index in [4.69, 9.17) is 0 Å². The van der Waals surface area contributed by atoms with Gasteiger partial charge in [0.05, 0.1) is 0 Å². The second kappa shape index (κ2) is 4.61. The first-order valence-electron chi connectivity index (χ1n) is 6.42. The van der Waals surface area contributed by atoms with Crippen molar-refractivity contribution in [2.24, 2.45) is 5.41 Å². The second-order valence-electron chi connectivity index (χ2n) is 5.19. The zero-order chi connectivity index (χ0) is 12.5. The first-order chi connectivity index (χ1) is 8.09. The highest BCUT2D eigenvalue weighted by molar-refractivity contribution is 6.01. The van der Waals surface area contributed by atoms with Crippen molar-refractivity contribution in [3.8, 4) is 0 Å². The minimum Gasteiger partial charge on any atom is -0.316 e. The van der Waals surface area contributed by atoms with Crippen LogP contribution in [0.2, 0.25) is 0 Å². The van der Waals surface area contributed by atoms with Gasteiger partial charge in [-0.2, -0.15) is 0 Å². The Hall–Kier alpha value is -1.15. The highest BCUT2D eigenvalue weighted by Gasteiger charge is 2.39. The maximum Gasteiger partial charge on any atom is 0.170 e. The number of Topliss-reactive ketones (excluding diaryl/α,β-unsaturated/α-hetero) is 1. The van der Waals surface area contributed by atoms with Gasteiger partial charge in [0.25, 0.3) is 0 Å². The van der Waals surface area contributed by atoms with E-state index in [0.717, 1.165) is 31.5 Å². The predicted molar refractivity (Wildman–Crippen MR) is 70.5 cm³/mol. The summed E-state index contributed by atoms with van der Waals surface area (Å²) in [5, 5.41) is 3.32. The summed E-state index contributed by atoms with van der Waals surface area (Å²) in [6, 6.07) is 6.06. The van der Waals surface area contributed by atoms with Crippen LogP contribution < -0.4 is 5.32 Å². The molecule has 1 aromatic carbocycles. The smallest absolute Gasteiger partial charge is 0.170 e. The molecule has 1 atom stereocenters. The van der Waals surface area contributed by atoms with Crippen molar-refractivity contribution in [1.82, 2.24) is 5.32 Å². The molecule has 0 bridgehead atoms. The third-order valence-corrected chi connectivity index (χ3v) is 4.17. The quantitative estimate of drug-likeness (QED) is 0.810. The highest BCUT2D eigenvalue weighted by Crippen LogP contribution is 2.33. The number of nitrogens with one attached hydrogen (secondary N) is 1. The van der Waals surface area contributed by atoms with Crippen molar-refractivity contribution in [1.29, 1.82) is 0 Å². The standard InChI is InChI=1S/C15H21NO/c1-4-15(7-8-16-10-15)14(17)13-6-5-11(2)12(3)9-13/h5-6,9,16H,4,7-8,10H2,1-3H3. The van der Waals surface area contributed by atoms with Gasteiger partial charge in [-0.15, -0.1) is 0 Å². The van der Waals surface area contributed by atoms with E-state index in [2.05, 4.69) is 26.1 Å². The van der Waals surface area contributed by atoms with Gasteiger partial charge in [0.1, 0.15) is 0 Å². The van der Waals surface area contributed by atoms with Crippen LogP contribution in [0.25, 0.3) is 0 Å². The highest BCUT2D eigenvalue weighted by atomic mass is 16.1. The lowest BCUT2D eigenvalue weighted by Gasteiger charge is -2.25. The summed E-state index contributed by atoms with van der Waals surface area (Å²) in [6.45, 7) is 8.06. The Kier molecular flexibility index (Phi) is 3.34. The van der Waals surface area contributed by atoms with Gasteiger partial charge >= 0.3 is 0 Å². The third-order valence-electron chi connectivity index (χ3n) is 4.17. The molecule has 0 saturated carbocycles. The molecule has 1 N–H and O–H groups in total. The van der Waals surface area contributed by atoms with Crippen LogP contribution in [0.4, 0.5) is 0 Å². The van der Waals surface area contributed by atoms with Crippen LogP contribution in [-0.4, -0.2) is 18.9 Å². The summed E-state index contributed by atoms with van der Waals surface area (Å²) < 4.78 is 0. The summed E-state index contributed by atoms with van der Waals surface area (Å²) in [7, 11) is 0. The monoisotopic (exact) mass is 231 g/mol. The number of hydrogen-bond acceptors (Lipinski definition) is 2. The topological polar surface area (TPSA) is 29.1 Å². The van der Waals surface area contributed by atoms with Crippen molar-refractivity contribution in [2.75, 3.05) is 13.1 Å². The summed E-state index contributed by atoms with van der Waals surface area (Å²) in [5.74, 6) is 0.313. The number of carbonyl (C=O) groups is 1. The molecule has 1 fully saturated rings. The molecule has 0 radical (unpaired) electrons. The summed E-state index contributed by atoms with van der Waals surface area (Å²) in [4.78, 5) is 12.6. The fourth-order valence-electron chi connectivity index (χ4n) is 2.59. The predicted octanol–water partition coefficient (Wildman–Crippen LogP) is 2.88. The molecule has 1 saturated heterocycles. The number of hydrogen-bond donors (Lipinski definition) is 1. The van der Waals surface area contributed by atoms with E-state index in [1.807, 2.05) is 18.2 Å². The Labute approximate surface area is 103 Å². The summed E-state index contributed by atoms with van der Waals surface area (Å²) >= 11 is 0. The fraction of sp³-hybridized carbons (Fsp3) is 0.533. The van der Waals surface area contributed by atoms with Gasteiger partial charge in [0.15, 0.2) is 5.78 Å². The third kappa shape index (κ3) is 2.14. The molecular weight excluding hydrogens is 210 g/mol. The van der Waals surface area contributed by atoms with Gasteiger partial charge in [-0.25, -0.2) is 0 Å². The zero-order valence-electron chi connectivity index (χ0n) is 11.0. The van der Waals surface area contributed by atoms with Crippen molar-refractivity contribution < 1.29 is 4.79 Å². The largest absolute Gasteiger partial charge is 0.316 e. The maximum absolute atomic E-state index is 12.6. The number of aryl methyl sites for hydroxylation is 2. The van der Waals surface area contributed by atoms with Crippen LogP contribution in [0.15, 0.2) is 18.2 Å². The molecular formula is C15H21NO. The van der Waals surface area contributed by atoms with Crippen LogP contribution in [-0.2, 0) is 0 Å². The van der Waals surface area contributed by atoms with Crippen LogP contribution in [0.1, 0.15) is 41.3 Å². The molecule has 1 aromatic rings. The van der Waals surface area contributed by atoms with Gasteiger partial charge in [0, 0.05) is 17.5 Å². The first-order valence-corrected chi connectivity index (χ1v) is 6.42. The van der Waals surface area contributed by atoms with E-state index in [-0.39, 0.29) is 5.41 Å². The van der Waals surface area contributed by atoms with Gasteiger partial charge in [-0.05, 0) is 50.4 Å². The van der Waals surface area contributed by atoms with Gasteiger partial charge < -0.3 is 5.32 Å². The van der Waals surface area contributed by atoms with E-state index in [1.165, 1.54) is 11.1 Å². The van der Waals surface area contributed by atoms with Gasteiger partial charge in [-0.3, -0.25) is 4.79 Å². The van der Waals surface area contributed by atoms with E-state index < -0.39 is 0 Å². The molecule has 0 spiro atoms. The molecule has 1 heterocycles. The van der Waals surface area contributed by atoms with Gasteiger partial charge in [-0.1, -0.05) is 19.1 Å². The first kappa shape index (κ1) is 12.3. The zero-order valence-corrected chi connectivity index (χ0v) is 11.0. The van der Waals surface area contributed by atoms with Crippen molar-refractivity contribution in [2.45, 2.75) is 33.6 Å². The minimum atomic E-state index is -0.165. The lowest BCUT2D eigenvalue weighted by molar-refractivity contribution is 0.0810. The van der Waals surface area contributed by atoms with Crippen LogP contribution >= 0.6 is 0 Å². The van der Waals surface area contributed by atoms with E-state index in [9.17, 15) is 4.79 Å². The summed E-state index contributed by atoms with van der Waals surface area (Å²) in [5.41, 5.74) is 3.16.